The highest BCUT2D eigenvalue weighted by Gasteiger charge is 2.05. The molecule has 2 aromatic carbocycles. The van der Waals surface area contributed by atoms with Crippen LogP contribution in [0, 0.1) is 0 Å². The van der Waals surface area contributed by atoms with E-state index in [-0.39, 0.29) is 24.0 Å². The van der Waals surface area contributed by atoms with Crippen LogP contribution in [0.2, 0.25) is 0 Å². The molecular formula is C19H26IN3O. The predicted octanol–water partition coefficient (Wildman–Crippen LogP) is 4.01. The summed E-state index contributed by atoms with van der Waals surface area (Å²) in [4.78, 5) is 6.40. The van der Waals surface area contributed by atoms with Crippen LogP contribution in [-0.2, 0) is 0 Å². The molecule has 24 heavy (non-hydrogen) atoms. The number of benzene rings is 2. The minimum absolute atomic E-state index is 0. The van der Waals surface area contributed by atoms with Crippen LogP contribution in [-0.4, -0.2) is 37.1 Å². The molecule has 2 N–H and O–H groups in total. The fourth-order valence-corrected chi connectivity index (χ4v) is 2.41. The van der Waals surface area contributed by atoms with Gasteiger partial charge in [-0.2, -0.15) is 0 Å². The van der Waals surface area contributed by atoms with Crippen LogP contribution >= 0.6 is 24.0 Å². The van der Waals surface area contributed by atoms with Gasteiger partial charge in [0.2, 0.25) is 0 Å². The summed E-state index contributed by atoms with van der Waals surface area (Å²) in [6.45, 7) is 6.92. The molecule has 0 aliphatic carbocycles. The second-order valence-corrected chi connectivity index (χ2v) is 5.12. The first kappa shape index (κ1) is 20.3. The molecule has 5 heteroatoms. The monoisotopic (exact) mass is 439 g/mol. The number of aliphatic imine (C=N–C) groups is 1. The van der Waals surface area contributed by atoms with Crippen LogP contribution in [0.5, 0.6) is 5.75 Å². The van der Waals surface area contributed by atoms with Gasteiger partial charge >= 0.3 is 0 Å². The molecule has 2 rings (SSSR count). The molecule has 0 unspecified atom stereocenters. The van der Waals surface area contributed by atoms with E-state index in [1.54, 1.807) is 0 Å². The zero-order chi connectivity index (χ0) is 16.5. The summed E-state index contributed by atoms with van der Waals surface area (Å²) < 4.78 is 5.91. The minimum atomic E-state index is 0. The van der Waals surface area contributed by atoms with Gasteiger partial charge in [0.1, 0.15) is 12.4 Å². The summed E-state index contributed by atoms with van der Waals surface area (Å²) >= 11 is 0. The average molecular weight is 439 g/mol. The Balaban J connectivity index is 0.00000288. The maximum Gasteiger partial charge on any atom is 0.191 e. The van der Waals surface area contributed by atoms with E-state index in [0.717, 1.165) is 30.0 Å². The van der Waals surface area contributed by atoms with Gasteiger partial charge in [0.25, 0.3) is 0 Å². The van der Waals surface area contributed by atoms with E-state index in [1.807, 2.05) is 41.3 Å². The number of guanidine groups is 1. The molecule has 0 saturated carbocycles. The normalized spacial score (nSPS) is 10.8. The Morgan fingerprint density at radius 3 is 2.29 bits per heavy atom. The van der Waals surface area contributed by atoms with E-state index < -0.39 is 0 Å². The number of ether oxygens (including phenoxy) is 1. The number of rotatable bonds is 7. The van der Waals surface area contributed by atoms with Gasteiger partial charge < -0.3 is 15.4 Å². The Kier molecular flexibility index (Phi) is 9.22. The number of hydrogen-bond donors (Lipinski definition) is 1. The predicted molar refractivity (Wildman–Crippen MR) is 112 cm³/mol. The van der Waals surface area contributed by atoms with Gasteiger partial charge in [0.15, 0.2) is 5.96 Å². The largest absolute Gasteiger partial charge is 0.491 e. The number of halogens is 1. The van der Waals surface area contributed by atoms with Crippen LogP contribution in [0.15, 0.2) is 59.6 Å². The van der Waals surface area contributed by atoms with Crippen molar-refractivity contribution < 1.29 is 4.74 Å². The van der Waals surface area contributed by atoms with Crippen LogP contribution in [0.25, 0.3) is 11.1 Å². The topological polar surface area (TPSA) is 50.8 Å². The van der Waals surface area contributed by atoms with Gasteiger partial charge in [0, 0.05) is 18.7 Å². The highest BCUT2D eigenvalue weighted by Crippen LogP contribution is 2.29. The summed E-state index contributed by atoms with van der Waals surface area (Å²) in [6.07, 6.45) is 0. The molecule has 0 heterocycles. The number of para-hydroxylation sites is 1. The molecule has 0 spiro atoms. The fourth-order valence-electron chi connectivity index (χ4n) is 2.41. The number of nitrogens with zero attached hydrogens (tertiary/aromatic N) is 2. The van der Waals surface area contributed by atoms with Crippen molar-refractivity contribution in [1.82, 2.24) is 4.90 Å². The zero-order valence-corrected chi connectivity index (χ0v) is 16.6. The summed E-state index contributed by atoms with van der Waals surface area (Å²) in [5.41, 5.74) is 8.20. The molecule has 0 amide bonds. The minimum Gasteiger partial charge on any atom is -0.491 e. The SMILES string of the molecule is CCN(CC)C(N)=NCCOc1ccccc1-c1ccccc1.I. The Bertz CT molecular complexity index is 628. The third-order valence-corrected chi connectivity index (χ3v) is 3.68. The second kappa shape index (κ2) is 10.9. The average Bonchev–Trinajstić information content (AvgIpc) is 2.61. The maximum atomic E-state index is 5.96. The maximum absolute atomic E-state index is 5.96. The van der Waals surface area contributed by atoms with Crippen molar-refractivity contribution >= 4 is 29.9 Å². The summed E-state index contributed by atoms with van der Waals surface area (Å²) in [7, 11) is 0. The molecule has 0 aliphatic rings. The van der Waals surface area contributed by atoms with Gasteiger partial charge in [-0.25, -0.2) is 4.99 Å². The highest BCUT2D eigenvalue weighted by molar-refractivity contribution is 14.0. The Morgan fingerprint density at radius 2 is 1.62 bits per heavy atom. The molecule has 0 aliphatic heterocycles. The smallest absolute Gasteiger partial charge is 0.191 e. The Hall–Kier alpha value is -1.76. The molecular weight excluding hydrogens is 413 g/mol. The molecule has 0 bridgehead atoms. The molecule has 0 atom stereocenters. The van der Waals surface area contributed by atoms with Crippen molar-refractivity contribution in [3.8, 4) is 16.9 Å². The lowest BCUT2D eigenvalue weighted by atomic mass is 10.1. The molecule has 130 valence electrons. The first-order valence-corrected chi connectivity index (χ1v) is 8.08. The lowest BCUT2D eigenvalue weighted by Crippen LogP contribution is -2.37. The van der Waals surface area contributed by atoms with Crippen LogP contribution in [0.4, 0.5) is 0 Å². The highest BCUT2D eigenvalue weighted by atomic mass is 127. The number of hydrogen-bond acceptors (Lipinski definition) is 2. The van der Waals surface area contributed by atoms with Gasteiger partial charge in [-0.05, 0) is 25.5 Å². The molecule has 0 aromatic heterocycles. The van der Waals surface area contributed by atoms with Gasteiger partial charge in [0.05, 0.1) is 6.54 Å². The van der Waals surface area contributed by atoms with Crippen LogP contribution in [0.3, 0.4) is 0 Å². The van der Waals surface area contributed by atoms with E-state index in [2.05, 4.69) is 37.0 Å². The van der Waals surface area contributed by atoms with Crippen LogP contribution < -0.4 is 10.5 Å². The molecule has 4 nitrogen and oxygen atoms in total. The third-order valence-electron chi connectivity index (χ3n) is 3.68. The van der Waals surface area contributed by atoms with Gasteiger partial charge in [-0.1, -0.05) is 48.5 Å². The fraction of sp³-hybridized carbons (Fsp3) is 0.316. The van der Waals surface area contributed by atoms with Gasteiger partial charge in [-0.15, -0.1) is 24.0 Å². The molecule has 0 radical (unpaired) electrons. The van der Waals surface area contributed by atoms with E-state index in [1.165, 1.54) is 0 Å². The first-order valence-electron chi connectivity index (χ1n) is 8.08. The molecule has 0 fully saturated rings. The van der Waals surface area contributed by atoms with Crippen molar-refractivity contribution in [3.05, 3.63) is 54.6 Å². The lowest BCUT2D eigenvalue weighted by molar-refractivity contribution is 0.328. The van der Waals surface area contributed by atoms with Crippen molar-refractivity contribution in [2.24, 2.45) is 10.7 Å². The third kappa shape index (κ3) is 5.70. The van der Waals surface area contributed by atoms with E-state index >= 15 is 0 Å². The lowest BCUT2D eigenvalue weighted by Gasteiger charge is -2.19. The van der Waals surface area contributed by atoms with Crippen molar-refractivity contribution in [2.75, 3.05) is 26.2 Å². The Morgan fingerprint density at radius 1 is 1.00 bits per heavy atom. The summed E-state index contributed by atoms with van der Waals surface area (Å²) in [6, 6.07) is 18.3. The Labute approximate surface area is 161 Å². The number of nitrogens with two attached hydrogens (primary N) is 1. The van der Waals surface area contributed by atoms with Crippen molar-refractivity contribution in [3.63, 3.8) is 0 Å². The van der Waals surface area contributed by atoms with Crippen LogP contribution in [0.1, 0.15) is 13.8 Å². The van der Waals surface area contributed by atoms with E-state index in [9.17, 15) is 0 Å². The van der Waals surface area contributed by atoms with E-state index in [4.69, 9.17) is 10.5 Å². The standard InChI is InChI=1S/C19H25N3O.HI/c1-3-22(4-2)19(20)21-14-15-23-18-13-9-8-12-17(18)16-10-6-5-7-11-16;/h5-13H,3-4,14-15H2,1-2H3,(H2,20,21);1H. The second-order valence-electron chi connectivity index (χ2n) is 5.12. The first-order chi connectivity index (χ1) is 11.3. The zero-order valence-electron chi connectivity index (χ0n) is 14.3. The molecule has 2 aromatic rings. The quantitative estimate of drug-likeness (QED) is 0.307. The molecule has 0 saturated heterocycles. The van der Waals surface area contributed by atoms with Gasteiger partial charge in [-0.3, -0.25) is 0 Å². The summed E-state index contributed by atoms with van der Waals surface area (Å²) in [5.74, 6) is 1.45. The summed E-state index contributed by atoms with van der Waals surface area (Å²) in [5, 5.41) is 0. The van der Waals surface area contributed by atoms with Crippen molar-refractivity contribution in [1.29, 1.82) is 0 Å². The van der Waals surface area contributed by atoms with Crippen molar-refractivity contribution in [2.45, 2.75) is 13.8 Å². The van der Waals surface area contributed by atoms with E-state index in [0.29, 0.717) is 19.1 Å².